The number of nitro benzene ring substituents is 1. The molecule has 20 heavy (non-hydrogen) atoms. The molecule has 0 amide bonds. The topological polar surface area (TPSA) is 61.6 Å². The fourth-order valence-corrected chi connectivity index (χ4v) is 2.11. The van der Waals surface area contributed by atoms with Gasteiger partial charge in [0.05, 0.1) is 12.0 Å². The summed E-state index contributed by atoms with van der Waals surface area (Å²) in [7, 11) is 1.58. The van der Waals surface area contributed by atoms with Crippen LogP contribution in [0.25, 0.3) is 0 Å². The first-order chi connectivity index (χ1) is 9.63. The average Bonchev–Trinajstić information content (AvgIpc) is 2.47. The number of halogens is 1. The van der Waals surface area contributed by atoms with Crippen LogP contribution in [0.15, 0.2) is 42.5 Å². The molecule has 2 rings (SSSR count). The van der Waals surface area contributed by atoms with Crippen molar-refractivity contribution in [1.29, 1.82) is 0 Å². The Balaban J connectivity index is 2.30. The molecule has 0 atom stereocenters. The summed E-state index contributed by atoms with van der Waals surface area (Å²) >= 11 is 3.31. The molecule has 0 spiro atoms. The van der Waals surface area contributed by atoms with Crippen LogP contribution in [0.2, 0.25) is 0 Å². The van der Waals surface area contributed by atoms with Gasteiger partial charge in [0, 0.05) is 29.1 Å². The Bertz CT molecular complexity index is 630. The van der Waals surface area contributed by atoms with E-state index in [2.05, 4.69) is 15.9 Å². The van der Waals surface area contributed by atoms with Crippen molar-refractivity contribution >= 4 is 21.6 Å². The number of hydrogen-bond acceptors (Lipinski definition) is 4. The summed E-state index contributed by atoms with van der Waals surface area (Å²) < 4.78 is 10.9. The Morgan fingerprint density at radius 3 is 2.60 bits per heavy atom. The highest BCUT2D eigenvalue weighted by Crippen LogP contribution is 2.31. The molecule has 104 valence electrons. The Hall–Kier alpha value is -2.08. The van der Waals surface area contributed by atoms with Gasteiger partial charge in [-0.05, 0) is 18.2 Å². The lowest BCUT2D eigenvalue weighted by Crippen LogP contribution is -1.93. The molecular weight excluding hydrogens is 326 g/mol. The second-order valence-electron chi connectivity index (χ2n) is 3.96. The number of hydrogen-bond donors (Lipinski definition) is 0. The van der Waals surface area contributed by atoms with Crippen molar-refractivity contribution in [1.82, 2.24) is 0 Å². The molecule has 0 aliphatic heterocycles. The van der Waals surface area contributed by atoms with E-state index < -0.39 is 4.92 Å². The van der Waals surface area contributed by atoms with Crippen molar-refractivity contribution in [3.8, 4) is 17.2 Å². The maximum absolute atomic E-state index is 10.8. The molecule has 0 aliphatic rings. The quantitative estimate of drug-likeness (QED) is 0.463. The molecule has 0 N–H and O–H groups in total. The fourth-order valence-electron chi connectivity index (χ4n) is 1.68. The molecule has 0 radical (unpaired) electrons. The minimum absolute atomic E-state index is 0.0393. The predicted octanol–water partition coefficient (Wildman–Crippen LogP) is 4.29. The molecule has 0 heterocycles. The molecular formula is C14H12BrNO4. The molecule has 0 fully saturated rings. The summed E-state index contributed by atoms with van der Waals surface area (Å²) in [6.07, 6.45) is 0. The SMILES string of the molecule is COc1cccc(Oc2ccc([N+](=O)[O-])cc2CBr)c1. The van der Waals surface area contributed by atoms with Crippen molar-refractivity contribution in [2.45, 2.75) is 5.33 Å². The first-order valence-electron chi connectivity index (χ1n) is 5.79. The van der Waals surface area contributed by atoms with E-state index in [1.807, 2.05) is 12.1 Å². The second-order valence-corrected chi connectivity index (χ2v) is 4.52. The molecule has 0 aliphatic carbocycles. The molecule has 0 bridgehead atoms. The lowest BCUT2D eigenvalue weighted by molar-refractivity contribution is -0.384. The summed E-state index contributed by atoms with van der Waals surface area (Å²) in [4.78, 5) is 10.3. The van der Waals surface area contributed by atoms with Crippen LogP contribution in [-0.2, 0) is 5.33 Å². The zero-order valence-electron chi connectivity index (χ0n) is 10.7. The number of ether oxygens (including phenoxy) is 2. The third-order valence-corrected chi connectivity index (χ3v) is 3.27. The number of nitrogens with zero attached hydrogens (tertiary/aromatic N) is 1. The highest BCUT2D eigenvalue weighted by atomic mass is 79.9. The maximum atomic E-state index is 10.8. The average molecular weight is 338 g/mol. The summed E-state index contributed by atoms with van der Waals surface area (Å²) in [5, 5.41) is 11.2. The number of methoxy groups -OCH3 is 1. The van der Waals surface area contributed by atoms with Gasteiger partial charge >= 0.3 is 0 Å². The zero-order chi connectivity index (χ0) is 14.5. The number of rotatable bonds is 5. The van der Waals surface area contributed by atoms with Crippen molar-refractivity contribution in [3.05, 3.63) is 58.1 Å². The molecule has 0 aromatic heterocycles. The van der Waals surface area contributed by atoms with Gasteiger partial charge in [0.1, 0.15) is 17.2 Å². The van der Waals surface area contributed by atoms with E-state index in [-0.39, 0.29) is 5.69 Å². The minimum Gasteiger partial charge on any atom is -0.497 e. The number of nitro groups is 1. The molecule has 2 aromatic carbocycles. The van der Waals surface area contributed by atoms with Crippen LogP contribution in [0.3, 0.4) is 0 Å². The van der Waals surface area contributed by atoms with Gasteiger partial charge in [0.15, 0.2) is 0 Å². The summed E-state index contributed by atoms with van der Waals surface area (Å²) in [6, 6.07) is 11.7. The van der Waals surface area contributed by atoms with Crippen LogP contribution in [0.1, 0.15) is 5.56 Å². The smallest absolute Gasteiger partial charge is 0.270 e. The van der Waals surface area contributed by atoms with E-state index in [9.17, 15) is 10.1 Å². The van der Waals surface area contributed by atoms with Crippen LogP contribution in [0, 0.1) is 10.1 Å². The number of alkyl halides is 1. The monoisotopic (exact) mass is 337 g/mol. The minimum atomic E-state index is -0.429. The van der Waals surface area contributed by atoms with Gasteiger partial charge in [-0.2, -0.15) is 0 Å². The Morgan fingerprint density at radius 1 is 1.20 bits per heavy atom. The molecule has 0 unspecified atom stereocenters. The summed E-state index contributed by atoms with van der Waals surface area (Å²) in [5.74, 6) is 1.87. The third kappa shape index (κ3) is 3.27. The van der Waals surface area contributed by atoms with Gasteiger partial charge in [-0.3, -0.25) is 10.1 Å². The van der Waals surface area contributed by atoms with Crippen LogP contribution in [0.5, 0.6) is 17.2 Å². The van der Waals surface area contributed by atoms with Crippen molar-refractivity contribution < 1.29 is 14.4 Å². The van der Waals surface area contributed by atoms with Crippen LogP contribution >= 0.6 is 15.9 Å². The van der Waals surface area contributed by atoms with Gasteiger partial charge in [-0.25, -0.2) is 0 Å². The molecule has 0 saturated carbocycles. The molecule has 0 saturated heterocycles. The van der Waals surface area contributed by atoms with Gasteiger partial charge in [0.2, 0.25) is 0 Å². The highest BCUT2D eigenvalue weighted by Gasteiger charge is 2.11. The highest BCUT2D eigenvalue weighted by molar-refractivity contribution is 9.08. The first-order valence-corrected chi connectivity index (χ1v) is 6.91. The first kappa shape index (κ1) is 14.3. The Labute approximate surface area is 124 Å². The van der Waals surface area contributed by atoms with Crippen LogP contribution < -0.4 is 9.47 Å². The van der Waals surface area contributed by atoms with Crippen molar-refractivity contribution in [3.63, 3.8) is 0 Å². The van der Waals surface area contributed by atoms with Gasteiger partial charge in [-0.1, -0.05) is 22.0 Å². The van der Waals surface area contributed by atoms with Crippen LogP contribution in [-0.4, -0.2) is 12.0 Å². The van der Waals surface area contributed by atoms with Gasteiger partial charge in [0.25, 0.3) is 5.69 Å². The summed E-state index contributed by atoms with van der Waals surface area (Å²) in [6.45, 7) is 0. The normalized spacial score (nSPS) is 10.1. The largest absolute Gasteiger partial charge is 0.497 e. The predicted molar refractivity (Wildman–Crippen MR) is 78.8 cm³/mol. The van der Waals surface area contributed by atoms with Crippen molar-refractivity contribution in [2.24, 2.45) is 0 Å². The standard InChI is InChI=1S/C14H12BrNO4/c1-19-12-3-2-4-13(8-12)20-14-6-5-11(16(17)18)7-10(14)9-15/h2-8H,9H2,1H3. The molecule has 2 aromatic rings. The second kappa shape index (κ2) is 6.38. The van der Waals surface area contributed by atoms with Gasteiger partial charge in [-0.15, -0.1) is 0 Å². The Kier molecular flexibility index (Phi) is 4.57. The third-order valence-electron chi connectivity index (χ3n) is 2.67. The maximum Gasteiger partial charge on any atom is 0.270 e. The van der Waals surface area contributed by atoms with E-state index in [4.69, 9.17) is 9.47 Å². The molecule has 5 nitrogen and oxygen atoms in total. The van der Waals surface area contributed by atoms with E-state index in [1.165, 1.54) is 12.1 Å². The zero-order valence-corrected chi connectivity index (χ0v) is 12.3. The number of benzene rings is 2. The number of non-ortho nitro benzene ring substituents is 1. The lowest BCUT2D eigenvalue weighted by atomic mass is 10.2. The van der Waals surface area contributed by atoms with E-state index in [0.717, 1.165) is 0 Å². The van der Waals surface area contributed by atoms with Crippen LogP contribution in [0.4, 0.5) is 5.69 Å². The van der Waals surface area contributed by atoms with E-state index in [1.54, 1.807) is 25.3 Å². The van der Waals surface area contributed by atoms with E-state index >= 15 is 0 Å². The fraction of sp³-hybridized carbons (Fsp3) is 0.143. The molecule has 6 heteroatoms. The summed E-state index contributed by atoms with van der Waals surface area (Å²) in [5.41, 5.74) is 0.750. The Morgan fingerprint density at radius 2 is 1.95 bits per heavy atom. The van der Waals surface area contributed by atoms with Crippen molar-refractivity contribution in [2.75, 3.05) is 7.11 Å². The lowest BCUT2D eigenvalue weighted by Gasteiger charge is -2.10. The van der Waals surface area contributed by atoms with E-state index in [0.29, 0.717) is 28.1 Å². The van der Waals surface area contributed by atoms with Gasteiger partial charge < -0.3 is 9.47 Å².